The summed E-state index contributed by atoms with van der Waals surface area (Å²) in [5, 5.41) is 0. The van der Waals surface area contributed by atoms with Crippen molar-refractivity contribution in [3.8, 4) is 5.75 Å². The fourth-order valence-corrected chi connectivity index (χ4v) is 1.76. The van der Waals surface area contributed by atoms with E-state index in [0.717, 1.165) is 0 Å². The first kappa shape index (κ1) is 13.0. The quantitative estimate of drug-likeness (QED) is 0.446. The van der Waals surface area contributed by atoms with Crippen molar-refractivity contribution < 1.29 is 25.5 Å². The van der Waals surface area contributed by atoms with Gasteiger partial charge >= 0.3 is 9.32 Å². The van der Waals surface area contributed by atoms with E-state index in [9.17, 15) is 21.1 Å². The van der Waals surface area contributed by atoms with Gasteiger partial charge in [0.2, 0.25) is 0 Å². The highest BCUT2D eigenvalue weighted by Crippen LogP contribution is 2.33. The third-order valence-corrected chi connectivity index (χ3v) is 2.84. The van der Waals surface area contributed by atoms with Crippen molar-refractivity contribution in [1.29, 1.82) is 0 Å². The predicted molar refractivity (Wildman–Crippen MR) is 50.3 cm³/mol. The van der Waals surface area contributed by atoms with Crippen LogP contribution in [0.25, 0.3) is 0 Å². The van der Waals surface area contributed by atoms with Gasteiger partial charge in [-0.05, 0) is 37.5 Å². The molecule has 0 spiro atoms. The second kappa shape index (κ2) is 4.04. The molecule has 0 aliphatic carbocycles. The summed E-state index contributed by atoms with van der Waals surface area (Å²) in [7, 11) is -6.43. The van der Waals surface area contributed by atoms with Crippen molar-refractivity contribution in [1.82, 2.24) is 0 Å². The van der Waals surface area contributed by atoms with Gasteiger partial charge in [0.1, 0.15) is 0 Å². The van der Waals surface area contributed by atoms with Gasteiger partial charge in [0.15, 0.2) is 17.4 Å². The highest BCUT2D eigenvalue weighted by atomic mass is 28.5. The van der Waals surface area contributed by atoms with E-state index in [-0.39, 0.29) is 16.7 Å². The average Bonchev–Trinajstić information content (AvgIpc) is 2.17. The number of hydrogen-bond donors (Lipinski definition) is 0. The van der Waals surface area contributed by atoms with Crippen LogP contribution in [-0.4, -0.2) is 9.32 Å². The molecular formula is C9H9F5OSi. The molecule has 0 saturated carbocycles. The topological polar surface area (TPSA) is 9.23 Å². The van der Waals surface area contributed by atoms with Gasteiger partial charge in [-0.2, -0.15) is 4.39 Å². The predicted octanol–water partition coefficient (Wildman–Crippen LogP) is 3.61. The second-order valence-electron chi connectivity index (χ2n) is 3.38. The molecule has 16 heavy (non-hydrogen) atoms. The standard InChI is InChI=1S/C9H9F5OSi/c1-4-5(2)7(10)8(11)9(6(4)3)15-16(12,13)14/h1-3H3. The van der Waals surface area contributed by atoms with E-state index >= 15 is 0 Å². The summed E-state index contributed by atoms with van der Waals surface area (Å²) in [5.41, 5.74) is 0.222. The summed E-state index contributed by atoms with van der Waals surface area (Å²) in [6.07, 6.45) is 0. The first-order valence-corrected chi connectivity index (χ1v) is 5.90. The fraction of sp³-hybridized carbons (Fsp3) is 0.333. The molecule has 0 amide bonds. The maximum Gasteiger partial charge on any atom is 0.875 e. The van der Waals surface area contributed by atoms with Crippen molar-refractivity contribution in [2.24, 2.45) is 0 Å². The molecule has 0 bridgehead atoms. The van der Waals surface area contributed by atoms with Crippen LogP contribution in [0, 0.1) is 32.4 Å². The summed E-state index contributed by atoms with van der Waals surface area (Å²) >= 11 is 0. The molecule has 0 aromatic heterocycles. The summed E-state index contributed by atoms with van der Waals surface area (Å²) in [4.78, 5) is 0. The highest BCUT2D eigenvalue weighted by molar-refractivity contribution is 6.52. The van der Waals surface area contributed by atoms with E-state index in [4.69, 9.17) is 0 Å². The van der Waals surface area contributed by atoms with Crippen LogP contribution in [-0.2, 0) is 0 Å². The zero-order valence-corrected chi connectivity index (χ0v) is 9.80. The zero-order valence-electron chi connectivity index (χ0n) is 8.80. The summed E-state index contributed by atoms with van der Waals surface area (Å²) in [5.74, 6) is -3.92. The molecule has 0 unspecified atom stereocenters. The van der Waals surface area contributed by atoms with Crippen LogP contribution in [0.2, 0.25) is 0 Å². The Bertz CT molecular complexity index is 398. The highest BCUT2D eigenvalue weighted by Gasteiger charge is 2.46. The van der Waals surface area contributed by atoms with Gasteiger partial charge in [0, 0.05) is 0 Å². The van der Waals surface area contributed by atoms with Gasteiger partial charge in [0.05, 0.1) is 0 Å². The molecule has 0 aliphatic heterocycles. The van der Waals surface area contributed by atoms with E-state index in [0.29, 0.717) is 0 Å². The molecule has 0 heterocycles. The number of rotatable bonds is 2. The van der Waals surface area contributed by atoms with E-state index < -0.39 is 26.7 Å². The second-order valence-corrected chi connectivity index (χ2v) is 4.48. The van der Waals surface area contributed by atoms with E-state index in [1.165, 1.54) is 20.8 Å². The van der Waals surface area contributed by atoms with Crippen LogP contribution in [0.3, 0.4) is 0 Å². The molecule has 1 rings (SSSR count). The Morgan fingerprint density at radius 1 is 0.812 bits per heavy atom. The maximum absolute atomic E-state index is 13.3. The molecule has 0 fully saturated rings. The molecule has 7 heteroatoms. The lowest BCUT2D eigenvalue weighted by Gasteiger charge is -2.15. The third kappa shape index (κ3) is 2.34. The van der Waals surface area contributed by atoms with Gasteiger partial charge in [-0.25, -0.2) is 16.7 Å². The van der Waals surface area contributed by atoms with Crippen LogP contribution in [0.15, 0.2) is 0 Å². The minimum absolute atomic E-state index is 0.00816. The Hall–Kier alpha value is -1.11. The Balaban J connectivity index is 3.40. The van der Waals surface area contributed by atoms with Crippen molar-refractivity contribution in [2.75, 3.05) is 0 Å². The van der Waals surface area contributed by atoms with Gasteiger partial charge in [-0.15, -0.1) is 0 Å². The van der Waals surface area contributed by atoms with Crippen LogP contribution in [0.1, 0.15) is 16.7 Å². The Labute approximate surface area is 90.5 Å². The minimum Gasteiger partial charge on any atom is -0.468 e. The molecule has 90 valence electrons. The smallest absolute Gasteiger partial charge is 0.468 e. The third-order valence-electron chi connectivity index (χ3n) is 2.40. The lowest BCUT2D eigenvalue weighted by molar-refractivity contribution is 0.283. The van der Waals surface area contributed by atoms with Crippen molar-refractivity contribution >= 4 is 9.32 Å². The Morgan fingerprint density at radius 3 is 1.75 bits per heavy atom. The Kier molecular flexibility index (Phi) is 3.27. The molecule has 0 atom stereocenters. The first-order valence-electron chi connectivity index (χ1n) is 4.35. The van der Waals surface area contributed by atoms with Crippen molar-refractivity contribution in [2.45, 2.75) is 20.8 Å². The van der Waals surface area contributed by atoms with Gasteiger partial charge in [-0.1, -0.05) is 0 Å². The zero-order chi connectivity index (χ0) is 12.7. The normalized spacial score (nSPS) is 11.8. The fourth-order valence-electron chi connectivity index (χ4n) is 1.28. The number of halogens is 5. The van der Waals surface area contributed by atoms with E-state index in [1.807, 2.05) is 0 Å². The largest absolute Gasteiger partial charge is 0.875 e. The molecule has 0 radical (unpaired) electrons. The van der Waals surface area contributed by atoms with Crippen LogP contribution < -0.4 is 4.43 Å². The minimum atomic E-state index is -6.43. The van der Waals surface area contributed by atoms with Crippen molar-refractivity contribution in [3.63, 3.8) is 0 Å². The summed E-state index contributed by atoms with van der Waals surface area (Å²) in [6, 6.07) is 0. The SMILES string of the molecule is Cc1c(C)c(F)c(F)c(O[Si](F)(F)F)c1C. The van der Waals surface area contributed by atoms with Crippen LogP contribution >= 0.6 is 0 Å². The summed E-state index contributed by atoms with van der Waals surface area (Å²) < 4.78 is 66.3. The molecular weight excluding hydrogens is 247 g/mol. The number of benzene rings is 1. The average molecular weight is 256 g/mol. The number of hydrogen-bond acceptors (Lipinski definition) is 1. The van der Waals surface area contributed by atoms with Gasteiger partial charge < -0.3 is 4.43 Å². The van der Waals surface area contributed by atoms with Gasteiger partial charge in [0.25, 0.3) is 0 Å². The maximum atomic E-state index is 13.3. The van der Waals surface area contributed by atoms with E-state index in [1.54, 1.807) is 0 Å². The van der Waals surface area contributed by atoms with Crippen LogP contribution in [0.5, 0.6) is 5.75 Å². The van der Waals surface area contributed by atoms with Crippen LogP contribution in [0.4, 0.5) is 21.1 Å². The Morgan fingerprint density at radius 2 is 1.31 bits per heavy atom. The lowest BCUT2D eigenvalue weighted by atomic mass is 10.0. The molecule has 1 aromatic rings. The molecule has 0 saturated heterocycles. The van der Waals surface area contributed by atoms with Crippen molar-refractivity contribution in [3.05, 3.63) is 28.3 Å². The molecule has 1 aromatic carbocycles. The van der Waals surface area contributed by atoms with E-state index in [2.05, 4.69) is 4.43 Å². The van der Waals surface area contributed by atoms with Gasteiger partial charge in [-0.3, -0.25) is 0 Å². The molecule has 0 N–H and O–H groups in total. The first-order chi connectivity index (χ1) is 7.15. The monoisotopic (exact) mass is 256 g/mol. The lowest BCUT2D eigenvalue weighted by Crippen LogP contribution is -2.26. The molecule has 0 aliphatic rings. The summed E-state index contributed by atoms with van der Waals surface area (Å²) in [6.45, 7) is 3.98. The molecule has 1 nitrogen and oxygen atoms in total.